The summed E-state index contributed by atoms with van der Waals surface area (Å²) in [6, 6.07) is 111. The molecule has 21 rings (SSSR count). The summed E-state index contributed by atoms with van der Waals surface area (Å²) in [7, 11) is 0. The number of fused-ring (bicyclic) bond motifs is 29. The van der Waals surface area contributed by atoms with Gasteiger partial charge in [0.05, 0.1) is 22.2 Å². The van der Waals surface area contributed by atoms with Crippen LogP contribution in [0, 0.1) is 0 Å². The fraction of sp³-hybridized carbons (Fsp3) is 0.0575. The second kappa shape index (κ2) is 18.4. The standard InChI is InChI=1S/C87H56BN3O/c1-53-25-23-45-77-79(53)82-74(44-24-46-78(82)92-77)89(54-26-5-2-6-27-54)57-51-75-83-76(52-57)91(56-30-9-4-10-31-56)85-73(50-48-71-81(85)63-37-16-22-43-69(63)87(71)66-40-19-13-34-60(66)61-35-14-20-41-67(61)87)88(83)72-49-47-70-80(84(72)90(75)55-28-7-3-8-29-55)62-36-15-21-42-68(62)86(70)64-38-17-11-32-58(64)59-33-12-18-39-65(59)86/h2-24,26-53H,25H2,1H3. The van der Waals surface area contributed by atoms with E-state index in [-0.39, 0.29) is 12.6 Å². The van der Waals surface area contributed by atoms with Crippen molar-refractivity contribution in [3.05, 3.63) is 353 Å². The number of para-hydroxylation sites is 3. The molecule has 14 aromatic rings. The molecule has 3 heterocycles. The lowest BCUT2D eigenvalue weighted by Crippen LogP contribution is -2.61. The zero-order chi connectivity index (χ0) is 60.1. The molecule has 0 bridgehead atoms. The third-order valence-electron chi connectivity index (χ3n) is 21.8. The lowest BCUT2D eigenvalue weighted by atomic mass is 9.33. The number of furan rings is 1. The molecule has 1 atom stereocenters. The molecular weight excluding hydrogens is 1110 g/mol. The van der Waals surface area contributed by atoms with Crippen molar-refractivity contribution < 1.29 is 4.42 Å². The average molecular weight is 1170 g/mol. The maximum absolute atomic E-state index is 6.89. The highest BCUT2D eigenvalue weighted by Gasteiger charge is 2.57. The smallest absolute Gasteiger partial charge is 0.252 e. The van der Waals surface area contributed by atoms with Gasteiger partial charge in [-0.05, 0) is 173 Å². The van der Waals surface area contributed by atoms with Crippen LogP contribution in [0.2, 0.25) is 0 Å². The summed E-state index contributed by atoms with van der Waals surface area (Å²) in [6.45, 7) is 2.14. The van der Waals surface area contributed by atoms with Crippen LogP contribution in [-0.2, 0) is 10.8 Å². The van der Waals surface area contributed by atoms with E-state index in [1.807, 2.05) is 0 Å². The molecule has 428 valence electrons. The van der Waals surface area contributed by atoms with Crippen LogP contribution in [0.15, 0.2) is 302 Å². The summed E-state index contributed by atoms with van der Waals surface area (Å²) in [5.41, 5.74) is 35.8. The van der Waals surface area contributed by atoms with Gasteiger partial charge in [0, 0.05) is 61.9 Å². The predicted molar refractivity (Wildman–Crippen MR) is 380 cm³/mol. The molecule has 0 amide bonds. The number of rotatable bonds is 5. The van der Waals surface area contributed by atoms with E-state index in [1.165, 1.54) is 122 Å². The fourth-order valence-corrected chi connectivity index (χ4v) is 18.6. The Hall–Kier alpha value is -11.4. The maximum Gasteiger partial charge on any atom is 0.252 e. The van der Waals surface area contributed by atoms with Crippen molar-refractivity contribution in [1.82, 2.24) is 0 Å². The minimum atomic E-state index is -0.566. The Morgan fingerprint density at radius 1 is 0.402 bits per heavy atom. The van der Waals surface area contributed by atoms with Crippen molar-refractivity contribution in [2.24, 2.45) is 0 Å². The van der Waals surface area contributed by atoms with Gasteiger partial charge in [-0.25, -0.2) is 0 Å². The summed E-state index contributed by atoms with van der Waals surface area (Å²) in [4.78, 5) is 7.87. The van der Waals surface area contributed by atoms with E-state index in [0.717, 1.165) is 63.0 Å². The van der Waals surface area contributed by atoms with Crippen LogP contribution in [0.4, 0.5) is 51.2 Å². The van der Waals surface area contributed by atoms with Crippen LogP contribution in [0.1, 0.15) is 75.1 Å². The van der Waals surface area contributed by atoms with Crippen molar-refractivity contribution in [3.8, 4) is 44.5 Å². The zero-order valence-corrected chi connectivity index (χ0v) is 50.5. The van der Waals surface area contributed by atoms with Gasteiger partial charge in [-0.15, -0.1) is 0 Å². The highest BCUT2D eigenvalue weighted by molar-refractivity contribution is 7.00. The Labute approximate surface area is 535 Å². The van der Waals surface area contributed by atoms with Gasteiger partial charge in [0.25, 0.3) is 6.71 Å². The second-order valence-electron chi connectivity index (χ2n) is 26.0. The molecule has 0 saturated heterocycles. The van der Waals surface area contributed by atoms with Gasteiger partial charge in [-0.1, -0.05) is 244 Å². The number of hydrogen-bond donors (Lipinski definition) is 0. The summed E-state index contributed by atoms with van der Waals surface area (Å²) < 4.78 is 6.89. The molecule has 5 aliphatic carbocycles. The van der Waals surface area contributed by atoms with Crippen molar-refractivity contribution in [2.45, 2.75) is 30.1 Å². The lowest BCUT2D eigenvalue weighted by Gasteiger charge is -2.46. The topological polar surface area (TPSA) is 22.9 Å². The molecule has 2 spiro atoms. The van der Waals surface area contributed by atoms with E-state index in [9.17, 15) is 0 Å². The van der Waals surface area contributed by atoms with Crippen LogP contribution in [0.3, 0.4) is 0 Å². The summed E-state index contributed by atoms with van der Waals surface area (Å²) >= 11 is 0. The lowest BCUT2D eigenvalue weighted by molar-refractivity contribution is 0.586. The van der Waals surface area contributed by atoms with Gasteiger partial charge < -0.3 is 19.1 Å². The summed E-state index contributed by atoms with van der Waals surface area (Å²) in [6.07, 6.45) is 5.40. The van der Waals surface area contributed by atoms with Crippen molar-refractivity contribution in [3.63, 3.8) is 0 Å². The van der Waals surface area contributed by atoms with Crippen LogP contribution >= 0.6 is 0 Å². The first-order chi connectivity index (χ1) is 45.6. The first-order valence-corrected chi connectivity index (χ1v) is 32.5. The van der Waals surface area contributed by atoms with E-state index in [4.69, 9.17) is 4.42 Å². The van der Waals surface area contributed by atoms with E-state index in [1.54, 1.807) is 0 Å². The average Bonchev–Trinajstić information content (AvgIpc) is 1.44. The third-order valence-corrected chi connectivity index (χ3v) is 21.8. The minimum absolute atomic E-state index is 0.213. The van der Waals surface area contributed by atoms with Crippen LogP contribution < -0.4 is 31.1 Å². The molecule has 0 radical (unpaired) electrons. The van der Waals surface area contributed by atoms with Gasteiger partial charge in [-0.2, -0.15) is 0 Å². The normalized spacial score (nSPS) is 15.8. The Kier molecular flexibility index (Phi) is 10.1. The first kappa shape index (κ1) is 50.5. The zero-order valence-electron chi connectivity index (χ0n) is 50.5. The summed E-state index contributed by atoms with van der Waals surface area (Å²) in [5, 5.41) is 1.15. The Morgan fingerprint density at radius 3 is 1.28 bits per heavy atom. The fourth-order valence-electron chi connectivity index (χ4n) is 18.6. The van der Waals surface area contributed by atoms with E-state index < -0.39 is 10.8 Å². The molecule has 92 heavy (non-hydrogen) atoms. The summed E-state index contributed by atoms with van der Waals surface area (Å²) in [5.74, 6) is 1.20. The molecule has 4 nitrogen and oxygen atoms in total. The molecule has 1 aromatic heterocycles. The SMILES string of the molecule is CC1CC=Cc2oc3cccc(N(c4ccccc4)c4cc5c6c(c4)N(c4ccccc4)c4c(ccc7c4-c4ccccc4C74c7ccccc7-c7ccccc74)B6c4ccc6c(c4N5c4ccccc4)-c4ccccc4C64c5ccccc5-c5ccccc54)c3c21. The van der Waals surface area contributed by atoms with Crippen LogP contribution in [-0.4, -0.2) is 6.71 Å². The molecule has 7 aliphatic rings. The number of benzene rings is 13. The third kappa shape index (κ3) is 6.19. The van der Waals surface area contributed by atoms with Crippen molar-refractivity contribution in [1.29, 1.82) is 0 Å². The molecule has 0 saturated carbocycles. The highest BCUT2D eigenvalue weighted by Crippen LogP contribution is 2.68. The molecule has 0 N–H and O–H groups in total. The molecule has 0 fully saturated rings. The Bertz CT molecular complexity index is 5210. The first-order valence-electron chi connectivity index (χ1n) is 32.5. The van der Waals surface area contributed by atoms with Gasteiger partial charge in [-0.3, -0.25) is 0 Å². The number of nitrogens with zero attached hydrogens (tertiary/aromatic N) is 3. The molecule has 13 aromatic carbocycles. The molecule has 1 unspecified atom stereocenters. The van der Waals surface area contributed by atoms with Crippen molar-refractivity contribution in [2.75, 3.05) is 14.7 Å². The number of anilines is 9. The second-order valence-corrected chi connectivity index (χ2v) is 26.0. The minimum Gasteiger partial charge on any atom is -0.456 e. The molecule has 5 heteroatoms. The highest BCUT2D eigenvalue weighted by atomic mass is 16.3. The van der Waals surface area contributed by atoms with E-state index >= 15 is 0 Å². The Morgan fingerprint density at radius 2 is 0.815 bits per heavy atom. The van der Waals surface area contributed by atoms with Crippen molar-refractivity contribution >= 4 is 91.3 Å². The van der Waals surface area contributed by atoms with E-state index in [2.05, 4.69) is 325 Å². The molecular formula is C87H56BN3O. The monoisotopic (exact) mass is 1170 g/mol. The van der Waals surface area contributed by atoms with Gasteiger partial charge in [0.2, 0.25) is 0 Å². The predicted octanol–water partition coefficient (Wildman–Crippen LogP) is 20.2. The van der Waals surface area contributed by atoms with Gasteiger partial charge in [0.1, 0.15) is 11.3 Å². The van der Waals surface area contributed by atoms with Gasteiger partial charge in [0.15, 0.2) is 0 Å². The Balaban J connectivity index is 0.941. The van der Waals surface area contributed by atoms with Crippen LogP contribution in [0.25, 0.3) is 61.6 Å². The quantitative estimate of drug-likeness (QED) is 0.160. The van der Waals surface area contributed by atoms with E-state index in [0.29, 0.717) is 0 Å². The van der Waals surface area contributed by atoms with Crippen LogP contribution in [0.5, 0.6) is 0 Å². The number of hydrogen-bond acceptors (Lipinski definition) is 4. The maximum atomic E-state index is 6.89. The number of allylic oxidation sites excluding steroid dienone is 1. The van der Waals surface area contributed by atoms with Gasteiger partial charge >= 0.3 is 0 Å². The largest absolute Gasteiger partial charge is 0.456 e. The molecule has 2 aliphatic heterocycles.